The molecule has 1 heterocycles. The summed E-state index contributed by atoms with van der Waals surface area (Å²) >= 11 is -1.54. The van der Waals surface area contributed by atoms with Gasteiger partial charge in [-0.05, 0) is 53.8 Å². The number of rotatable bonds is 8. The number of halogens is 2. The van der Waals surface area contributed by atoms with Crippen molar-refractivity contribution in [2.45, 2.75) is 25.8 Å². The van der Waals surface area contributed by atoms with E-state index < -0.39 is 27.4 Å². The average molecular weight is 506 g/mol. The molecule has 0 fully saturated rings. The molecule has 0 saturated heterocycles. The van der Waals surface area contributed by atoms with E-state index in [1.54, 1.807) is 27.4 Å². The van der Waals surface area contributed by atoms with E-state index in [1.165, 1.54) is 18.2 Å². The van der Waals surface area contributed by atoms with Crippen molar-refractivity contribution in [1.29, 1.82) is 0 Å². The van der Waals surface area contributed by atoms with Crippen LogP contribution >= 0.6 is 21.5 Å². The molecule has 1 unspecified atom stereocenters. The maximum absolute atomic E-state index is 13.2. The van der Waals surface area contributed by atoms with E-state index in [0.29, 0.717) is 12.1 Å². The first-order valence-corrected chi connectivity index (χ1v) is 10.9. The number of hydrogen-bond acceptors (Lipinski definition) is 3. The third kappa shape index (κ3) is 5.44. The second-order valence-corrected chi connectivity index (χ2v) is 8.25. The number of aromatic carboxylic acids is 1. The number of pyridine rings is 1. The molecular weight excluding hydrogens is 486 g/mol. The lowest BCUT2D eigenvalue weighted by Crippen LogP contribution is -2.15. The summed E-state index contributed by atoms with van der Waals surface area (Å²) in [7, 11) is 0. The molecule has 3 aromatic rings. The van der Waals surface area contributed by atoms with Crippen LogP contribution in [-0.2, 0) is 16.0 Å². The van der Waals surface area contributed by atoms with Gasteiger partial charge >= 0.3 is 5.97 Å². The molecule has 0 aliphatic rings. The van der Waals surface area contributed by atoms with Crippen LogP contribution in [0.25, 0.3) is 0 Å². The second-order valence-electron chi connectivity index (χ2n) is 6.69. The van der Waals surface area contributed by atoms with Gasteiger partial charge in [0.15, 0.2) is 0 Å². The van der Waals surface area contributed by atoms with Crippen molar-refractivity contribution in [3.05, 3.63) is 95.1 Å². The molecule has 0 aliphatic carbocycles. The van der Waals surface area contributed by atoms with Crippen LogP contribution in [0.4, 0.5) is 10.1 Å². The number of benzene rings is 2. The first-order chi connectivity index (χ1) is 14.0. The molecule has 1 atom stereocenters. The molecular formula is C22H20FIN2O3. The molecule has 0 bridgehead atoms. The molecule has 5 nitrogen and oxygen atoms in total. The minimum Gasteiger partial charge on any atom is -0.477 e. The predicted octanol–water partition coefficient (Wildman–Crippen LogP) is 5.50. The number of aromatic nitrogens is 1. The number of carboxylic acids is 1. The van der Waals surface area contributed by atoms with E-state index in [9.17, 15) is 12.3 Å². The molecule has 0 amide bonds. The topological polar surface area (TPSA) is 70.5 Å². The van der Waals surface area contributed by atoms with Gasteiger partial charge in [-0.1, -0.05) is 43.3 Å². The van der Waals surface area contributed by atoms with Gasteiger partial charge in [-0.3, -0.25) is 3.11 Å². The summed E-state index contributed by atoms with van der Waals surface area (Å²) in [6.45, 7) is 2.33. The Morgan fingerprint density at radius 3 is 2.52 bits per heavy atom. The number of hydrogen-bond donors (Lipinski definition) is 1. The summed E-state index contributed by atoms with van der Waals surface area (Å²) in [5, 5.41) is 9.13. The van der Waals surface area contributed by atoms with Gasteiger partial charge < -0.3 is 5.11 Å². The first-order valence-electron chi connectivity index (χ1n) is 9.05. The van der Waals surface area contributed by atoms with Crippen molar-refractivity contribution in [3.8, 4) is 0 Å². The summed E-state index contributed by atoms with van der Waals surface area (Å²) in [5.41, 5.74) is 3.40. The summed E-state index contributed by atoms with van der Waals surface area (Å²) in [6, 6.07) is 19.0. The SMILES string of the molecule is CC(Cc1ccccc1N(Cc1cccc(C(=O)O)n1)I=O)c1ccc(F)cc1. The molecule has 1 N–H and O–H groups in total. The van der Waals surface area contributed by atoms with Gasteiger partial charge in [0.1, 0.15) is 11.5 Å². The largest absolute Gasteiger partial charge is 0.477 e. The Labute approximate surface area is 179 Å². The maximum atomic E-state index is 13.2. The summed E-state index contributed by atoms with van der Waals surface area (Å²) in [6.07, 6.45) is 0.699. The zero-order chi connectivity index (χ0) is 20.8. The van der Waals surface area contributed by atoms with Gasteiger partial charge in [-0.25, -0.2) is 17.2 Å². The highest BCUT2D eigenvalue weighted by Gasteiger charge is 2.16. The zero-order valence-electron chi connectivity index (χ0n) is 15.8. The lowest BCUT2D eigenvalue weighted by Gasteiger charge is -2.21. The summed E-state index contributed by atoms with van der Waals surface area (Å²) in [4.78, 5) is 15.3. The van der Waals surface area contributed by atoms with Crippen molar-refractivity contribution in [2.75, 3.05) is 3.11 Å². The Bertz CT molecular complexity index is 1010. The van der Waals surface area contributed by atoms with Crippen LogP contribution in [0.1, 0.15) is 40.2 Å². The van der Waals surface area contributed by atoms with E-state index in [4.69, 9.17) is 5.11 Å². The van der Waals surface area contributed by atoms with Crippen molar-refractivity contribution in [1.82, 2.24) is 4.98 Å². The smallest absolute Gasteiger partial charge is 0.354 e. The van der Waals surface area contributed by atoms with Crippen LogP contribution in [0.15, 0.2) is 66.7 Å². The van der Waals surface area contributed by atoms with Crippen LogP contribution in [0.2, 0.25) is 0 Å². The minimum atomic E-state index is -1.54. The fourth-order valence-corrected chi connectivity index (χ4v) is 4.31. The van der Waals surface area contributed by atoms with Crippen LogP contribution < -0.4 is 3.11 Å². The van der Waals surface area contributed by atoms with Gasteiger partial charge in [0, 0.05) is 0 Å². The molecule has 2 aromatic carbocycles. The van der Waals surface area contributed by atoms with Gasteiger partial charge in [-0.15, -0.1) is 0 Å². The maximum Gasteiger partial charge on any atom is 0.354 e. The van der Waals surface area contributed by atoms with Crippen molar-refractivity contribution >= 4 is 33.1 Å². The average Bonchev–Trinajstić information content (AvgIpc) is 2.73. The third-order valence-corrected chi connectivity index (χ3v) is 5.96. The number of carbonyl (C=O) groups is 1. The Balaban J connectivity index is 1.84. The third-order valence-electron chi connectivity index (χ3n) is 4.63. The second kappa shape index (κ2) is 9.69. The highest BCUT2D eigenvalue weighted by atomic mass is 127. The normalized spacial score (nSPS) is 11.8. The van der Waals surface area contributed by atoms with Crippen molar-refractivity contribution in [2.24, 2.45) is 0 Å². The number of carboxylic acid groups (broad SMARTS) is 1. The lowest BCUT2D eigenvalue weighted by molar-refractivity contribution is 0.0690. The van der Waals surface area contributed by atoms with Crippen LogP contribution in [0, 0.1) is 5.82 Å². The number of anilines is 1. The summed E-state index contributed by atoms with van der Waals surface area (Å²) in [5.74, 6) is -1.21. The van der Waals surface area contributed by atoms with Gasteiger partial charge in [0.05, 0.1) is 17.9 Å². The number of para-hydroxylation sites is 1. The zero-order valence-corrected chi connectivity index (χ0v) is 17.9. The monoisotopic (exact) mass is 506 g/mol. The molecule has 7 heteroatoms. The molecule has 1 aromatic heterocycles. The van der Waals surface area contributed by atoms with E-state index in [-0.39, 0.29) is 24.0 Å². The lowest BCUT2D eigenvalue weighted by atomic mass is 9.93. The van der Waals surface area contributed by atoms with Crippen LogP contribution in [-0.4, -0.2) is 16.1 Å². The highest BCUT2D eigenvalue weighted by molar-refractivity contribution is 14.1. The summed E-state index contributed by atoms with van der Waals surface area (Å²) < 4.78 is 27.0. The predicted molar refractivity (Wildman–Crippen MR) is 117 cm³/mol. The van der Waals surface area contributed by atoms with E-state index in [1.807, 2.05) is 24.3 Å². The van der Waals surface area contributed by atoms with E-state index in [0.717, 1.165) is 16.8 Å². The van der Waals surface area contributed by atoms with Crippen LogP contribution in [0.3, 0.4) is 0 Å². The van der Waals surface area contributed by atoms with Gasteiger partial charge in [-0.2, -0.15) is 0 Å². The Morgan fingerprint density at radius 1 is 1.10 bits per heavy atom. The van der Waals surface area contributed by atoms with E-state index >= 15 is 0 Å². The van der Waals surface area contributed by atoms with Gasteiger partial charge in [0.25, 0.3) is 21.5 Å². The Kier molecular flexibility index (Phi) is 7.03. The quantitative estimate of drug-likeness (QED) is 0.323. The number of nitrogens with zero attached hydrogens (tertiary/aromatic N) is 2. The van der Waals surface area contributed by atoms with E-state index in [2.05, 4.69) is 11.9 Å². The van der Waals surface area contributed by atoms with Gasteiger partial charge in [0.2, 0.25) is 0 Å². The first kappa shape index (κ1) is 21.0. The molecule has 0 saturated carbocycles. The molecule has 29 heavy (non-hydrogen) atoms. The Hall–Kier alpha value is -2.68. The molecule has 3 rings (SSSR count). The molecule has 150 valence electrons. The fourth-order valence-electron chi connectivity index (χ4n) is 3.13. The van der Waals surface area contributed by atoms with Crippen LogP contribution in [0.5, 0.6) is 0 Å². The fraction of sp³-hybridized carbons (Fsp3) is 0.182. The Morgan fingerprint density at radius 2 is 1.83 bits per heavy atom. The molecule has 0 radical (unpaired) electrons. The minimum absolute atomic E-state index is 0.0373. The van der Waals surface area contributed by atoms with Crippen molar-refractivity contribution in [3.63, 3.8) is 0 Å². The molecule has 0 aliphatic heterocycles. The molecule has 0 spiro atoms. The van der Waals surface area contributed by atoms with Crippen molar-refractivity contribution < 1.29 is 17.4 Å². The highest BCUT2D eigenvalue weighted by Crippen LogP contribution is 2.31. The standard InChI is InChI=1S/C22H20FIN2O3/c1-15(16-9-11-18(23)12-10-16)13-17-5-2-3-8-21(17)26(24-29)14-19-6-4-7-20(25-19)22(27)28/h2-12,15H,13-14H2,1H3,(H,27,28).